The Balaban J connectivity index is 2.06. The number of anilines is 2. The van der Waals surface area contributed by atoms with Crippen molar-refractivity contribution in [1.29, 1.82) is 0 Å². The molecule has 2 aromatic rings. The van der Waals surface area contributed by atoms with Gasteiger partial charge in [-0.25, -0.2) is 0 Å². The van der Waals surface area contributed by atoms with Gasteiger partial charge < -0.3 is 15.4 Å². The molecule has 0 heterocycles. The van der Waals surface area contributed by atoms with Crippen LogP contribution in [-0.4, -0.2) is 18.4 Å². The molecular weight excluding hydrogens is 328 g/mol. The number of hydrogen-bond acceptors (Lipinski definition) is 3. The molecule has 0 spiro atoms. The van der Waals surface area contributed by atoms with E-state index in [4.69, 9.17) is 4.74 Å². The molecule has 2 amide bonds. The Labute approximate surface area is 154 Å². The lowest BCUT2D eigenvalue weighted by Crippen LogP contribution is -2.18. The lowest BCUT2D eigenvalue weighted by atomic mass is 10.2. The molecule has 2 aromatic carbocycles. The minimum absolute atomic E-state index is 0.0733. The molecule has 0 aromatic heterocycles. The van der Waals surface area contributed by atoms with Gasteiger partial charge in [0.25, 0.3) is 5.91 Å². The maximum atomic E-state index is 12.5. The Hall–Kier alpha value is -3.08. The molecule has 5 heteroatoms. The summed E-state index contributed by atoms with van der Waals surface area (Å²) in [5.74, 6) is 0.169. The minimum atomic E-state index is -0.252. The average molecular weight is 352 g/mol. The maximum Gasteiger partial charge on any atom is 0.255 e. The van der Waals surface area contributed by atoms with Crippen molar-refractivity contribution in [2.75, 3.05) is 17.2 Å². The highest BCUT2D eigenvalue weighted by atomic mass is 16.5. The van der Waals surface area contributed by atoms with Gasteiger partial charge in [-0.05, 0) is 48.9 Å². The highest BCUT2D eigenvalue weighted by Crippen LogP contribution is 2.19. The normalized spacial score (nSPS) is 10.3. The fourth-order valence-corrected chi connectivity index (χ4v) is 2.10. The molecule has 26 heavy (non-hydrogen) atoms. The second-order valence-corrected chi connectivity index (χ2v) is 6.45. The second-order valence-electron chi connectivity index (χ2n) is 6.45. The monoisotopic (exact) mass is 352 g/mol. The molecule has 136 valence electrons. The fourth-order valence-electron chi connectivity index (χ4n) is 2.10. The summed E-state index contributed by atoms with van der Waals surface area (Å²) in [6.07, 6.45) is 0. The van der Waals surface area contributed by atoms with Crippen molar-refractivity contribution < 1.29 is 14.3 Å². The molecular formula is C21H24N2O3. The van der Waals surface area contributed by atoms with E-state index in [-0.39, 0.29) is 17.7 Å². The molecule has 2 N–H and O–H groups in total. The van der Waals surface area contributed by atoms with E-state index in [0.29, 0.717) is 29.3 Å². The highest BCUT2D eigenvalue weighted by molar-refractivity contribution is 6.05. The van der Waals surface area contributed by atoms with Crippen LogP contribution in [0.2, 0.25) is 0 Å². The van der Waals surface area contributed by atoms with E-state index in [0.717, 1.165) is 5.57 Å². The molecule has 0 radical (unpaired) electrons. The quantitative estimate of drug-likeness (QED) is 0.722. The zero-order chi connectivity index (χ0) is 19.1. The first-order chi connectivity index (χ1) is 12.3. The van der Waals surface area contributed by atoms with E-state index in [2.05, 4.69) is 17.2 Å². The van der Waals surface area contributed by atoms with Gasteiger partial charge in [-0.15, -0.1) is 0 Å². The predicted molar refractivity (Wildman–Crippen MR) is 105 cm³/mol. The van der Waals surface area contributed by atoms with Gasteiger partial charge in [0.15, 0.2) is 0 Å². The van der Waals surface area contributed by atoms with E-state index in [9.17, 15) is 9.59 Å². The van der Waals surface area contributed by atoms with Crippen molar-refractivity contribution in [3.05, 3.63) is 66.2 Å². The molecule has 5 nitrogen and oxygen atoms in total. The van der Waals surface area contributed by atoms with Crippen molar-refractivity contribution in [3.8, 4) is 5.75 Å². The summed E-state index contributed by atoms with van der Waals surface area (Å²) in [6.45, 7) is 9.72. The van der Waals surface area contributed by atoms with Crippen LogP contribution in [0.1, 0.15) is 31.1 Å². The van der Waals surface area contributed by atoms with Crippen LogP contribution in [-0.2, 0) is 4.79 Å². The summed E-state index contributed by atoms with van der Waals surface area (Å²) in [4.78, 5) is 24.3. The summed E-state index contributed by atoms with van der Waals surface area (Å²) in [6, 6.07) is 14.0. The summed E-state index contributed by atoms with van der Waals surface area (Å²) < 4.78 is 5.57. The van der Waals surface area contributed by atoms with Crippen molar-refractivity contribution >= 4 is 23.2 Å². The van der Waals surface area contributed by atoms with E-state index in [1.54, 1.807) is 48.5 Å². The minimum Gasteiger partial charge on any atom is -0.489 e. The zero-order valence-corrected chi connectivity index (χ0v) is 15.3. The van der Waals surface area contributed by atoms with Crippen LogP contribution in [0.3, 0.4) is 0 Å². The maximum absolute atomic E-state index is 12.5. The Bertz CT molecular complexity index is 812. The number of rotatable bonds is 7. The van der Waals surface area contributed by atoms with Crippen LogP contribution in [0, 0.1) is 5.92 Å². The first-order valence-corrected chi connectivity index (χ1v) is 8.44. The number of amides is 2. The lowest BCUT2D eigenvalue weighted by Gasteiger charge is -2.11. The van der Waals surface area contributed by atoms with Crippen LogP contribution in [0.25, 0.3) is 0 Å². The SMILES string of the molecule is C=C(C)COc1cccc(C(=O)Nc2cccc(NC(=O)C(C)C)c2)c1. The molecule has 0 saturated heterocycles. The first-order valence-electron chi connectivity index (χ1n) is 8.44. The van der Waals surface area contributed by atoms with Crippen molar-refractivity contribution in [1.82, 2.24) is 0 Å². The molecule has 0 aliphatic carbocycles. The molecule has 0 fully saturated rings. The number of carbonyl (C=O) groups excluding carboxylic acids is 2. The van der Waals surface area contributed by atoms with Crippen LogP contribution in [0.15, 0.2) is 60.7 Å². The number of benzene rings is 2. The van der Waals surface area contributed by atoms with Gasteiger partial charge in [-0.2, -0.15) is 0 Å². The largest absolute Gasteiger partial charge is 0.489 e. The van der Waals surface area contributed by atoms with Gasteiger partial charge in [0.2, 0.25) is 5.91 Å². The van der Waals surface area contributed by atoms with Crippen LogP contribution in [0.4, 0.5) is 11.4 Å². The summed E-state index contributed by atoms with van der Waals surface area (Å²) >= 11 is 0. The van der Waals surface area contributed by atoms with Gasteiger partial charge in [0.05, 0.1) is 0 Å². The van der Waals surface area contributed by atoms with Crippen molar-refractivity contribution in [3.63, 3.8) is 0 Å². The number of nitrogens with one attached hydrogen (secondary N) is 2. The molecule has 0 saturated carbocycles. The van der Waals surface area contributed by atoms with Crippen molar-refractivity contribution in [2.24, 2.45) is 5.92 Å². The zero-order valence-electron chi connectivity index (χ0n) is 15.3. The Morgan fingerprint density at radius 1 is 1.04 bits per heavy atom. The number of carbonyl (C=O) groups is 2. The van der Waals surface area contributed by atoms with Gasteiger partial charge >= 0.3 is 0 Å². The molecule has 0 bridgehead atoms. The fraction of sp³-hybridized carbons (Fsp3) is 0.238. The Morgan fingerprint density at radius 3 is 2.35 bits per heavy atom. The predicted octanol–water partition coefficient (Wildman–Crippen LogP) is 4.49. The third-order valence-electron chi connectivity index (χ3n) is 3.49. The second kappa shape index (κ2) is 8.85. The van der Waals surface area contributed by atoms with Crippen LogP contribution >= 0.6 is 0 Å². The van der Waals surface area contributed by atoms with Crippen LogP contribution < -0.4 is 15.4 Å². The summed E-state index contributed by atoms with van der Waals surface area (Å²) in [5, 5.41) is 5.64. The molecule has 2 rings (SSSR count). The summed E-state index contributed by atoms with van der Waals surface area (Å²) in [7, 11) is 0. The van der Waals surface area contributed by atoms with E-state index >= 15 is 0 Å². The van der Waals surface area contributed by atoms with Gasteiger partial charge in [0, 0.05) is 22.9 Å². The average Bonchev–Trinajstić information content (AvgIpc) is 2.60. The smallest absolute Gasteiger partial charge is 0.255 e. The standard InChI is InChI=1S/C21H24N2O3/c1-14(2)13-26-19-10-5-7-16(11-19)21(25)23-18-9-6-8-17(12-18)22-20(24)15(3)4/h5-12,15H,1,13H2,2-4H3,(H,22,24)(H,23,25). The van der Waals surface area contributed by atoms with Gasteiger partial charge in [-0.1, -0.05) is 32.6 Å². The van der Waals surface area contributed by atoms with Crippen LogP contribution in [0.5, 0.6) is 5.75 Å². The Morgan fingerprint density at radius 2 is 1.69 bits per heavy atom. The highest BCUT2D eigenvalue weighted by Gasteiger charge is 2.10. The molecule has 0 aliphatic heterocycles. The molecule has 0 aliphatic rings. The third kappa shape index (κ3) is 5.77. The van der Waals surface area contributed by atoms with Crippen molar-refractivity contribution in [2.45, 2.75) is 20.8 Å². The van der Waals surface area contributed by atoms with E-state index < -0.39 is 0 Å². The third-order valence-corrected chi connectivity index (χ3v) is 3.49. The Kier molecular flexibility index (Phi) is 6.55. The molecule has 0 atom stereocenters. The topological polar surface area (TPSA) is 67.4 Å². The van der Waals surface area contributed by atoms with E-state index in [1.807, 2.05) is 20.8 Å². The summed E-state index contributed by atoms with van der Waals surface area (Å²) in [5.41, 5.74) is 2.63. The van der Waals surface area contributed by atoms with E-state index in [1.165, 1.54) is 0 Å². The number of hydrogen-bond donors (Lipinski definition) is 2. The number of ether oxygens (including phenoxy) is 1. The first kappa shape index (κ1) is 19.2. The van der Waals surface area contributed by atoms with Gasteiger partial charge in [-0.3, -0.25) is 9.59 Å². The van der Waals surface area contributed by atoms with Gasteiger partial charge in [0.1, 0.15) is 12.4 Å². The molecule has 0 unspecified atom stereocenters. The lowest BCUT2D eigenvalue weighted by molar-refractivity contribution is -0.118.